The van der Waals surface area contributed by atoms with E-state index in [0.717, 1.165) is 0 Å². The van der Waals surface area contributed by atoms with Gasteiger partial charge in [-0.1, -0.05) is 10.3 Å². The van der Waals surface area contributed by atoms with Gasteiger partial charge in [-0.2, -0.15) is 0 Å². The van der Waals surface area contributed by atoms with Gasteiger partial charge in [-0.15, -0.1) is 0 Å². The molecule has 5 heterocycles. The number of aryl methyl sites for hydroxylation is 2. The first kappa shape index (κ1) is 35.3. The molecule has 2 aliphatic rings. The average molecular weight is 724 g/mol. The van der Waals surface area contributed by atoms with E-state index in [1.165, 1.54) is 9.80 Å². The fourth-order valence-corrected chi connectivity index (χ4v) is 6.58. The molecule has 2 fully saturated rings. The van der Waals surface area contributed by atoms with Gasteiger partial charge in [0.25, 0.3) is 0 Å². The Hall–Kier alpha value is -6.13. The van der Waals surface area contributed by atoms with Gasteiger partial charge in [0.1, 0.15) is 23.6 Å². The van der Waals surface area contributed by atoms with E-state index in [4.69, 9.17) is 13.5 Å². The number of nitrogens with one attached hydrogen (secondary N) is 2. The number of aromatic nitrogens is 3. The minimum atomic E-state index is -0.843. The molecule has 0 spiro atoms. The Bertz CT molecular complexity index is 1970. The van der Waals surface area contributed by atoms with Gasteiger partial charge in [0.05, 0.1) is 42.6 Å². The predicted molar refractivity (Wildman–Crippen MR) is 187 cm³/mol. The predicted octanol–water partition coefficient (Wildman–Crippen LogP) is 2.89. The summed E-state index contributed by atoms with van der Waals surface area (Å²) in [7, 11) is 0. The Morgan fingerprint density at radius 1 is 0.717 bits per heavy atom. The van der Waals surface area contributed by atoms with Gasteiger partial charge in [0.15, 0.2) is 5.76 Å². The molecule has 2 aliphatic heterocycles. The highest BCUT2D eigenvalue weighted by Gasteiger charge is 2.40. The van der Waals surface area contributed by atoms with Crippen molar-refractivity contribution in [1.29, 1.82) is 0 Å². The van der Waals surface area contributed by atoms with Crippen molar-refractivity contribution in [2.24, 2.45) is 0 Å². The average Bonchev–Trinajstić information content (AvgIpc) is 3.98. The van der Waals surface area contributed by atoms with Crippen LogP contribution in [0.1, 0.15) is 35.7 Å². The van der Waals surface area contributed by atoms with Crippen LogP contribution in [0.2, 0.25) is 0 Å². The van der Waals surface area contributed by atoms with Crippen LogP contribution in [0.25, 0.3) is 22.8 Å². The number of carbonyl (C=O) groups is 4. The van der Waals surface area contributed by atoms with Gasteiger partial charge in [-0.25, -0.2) is 4.98 Å². The third-order valence-electron chi connectivity index (χ3n) is 9.15. The Labute approximate surface area is 302 Å². The summed E-state index contributed by atoms with van der Waals surface area (Å²) in [5, 5.41) is 33.7. The van der Waals surface area contributed by atoms with Crippen LogP contribution in [0.5, 0.6) is 0 Å². The van der Waals surface area contributed by atoms with Gasteiger partial charge < -0.3 is 44.1 Å². The van der Waals surface area contributed by atoms with Crippen molar-refractivity contribution in [1.82, 2.24) is 25.1 Å². The van der Waals surface area contributed by atoms with E-state index in [2.05, 4.69) is 25.9 Å². The molecule has 16 nitrogen and oxygen atoms in total. The van der Waals surface area contributed by atoms with E-state index in [1.807, 2.05) is 0 Å². The van der Waals surface area contributed by atoms with E-state index in [-0.39, 0.29) is 50.6 Å². The lowest BCUT2D eigenvalue weighted by Gasteiger charge is -2.23. The maximum absolute atomic E-state index is 13.2. The molecule has 3 aromatic heterocycles. The van der Waals surface area contributed by atoms with Gasteiger partial charge in [0.2, 0.25) is 29.5 Å². The van der Waals surface area contributed by atoms with Crippen LogP contribution >= 0.6 is 0 Å². The summed E-state index contributed by atoms with van der Waals surface area (Å²) in [5.41, 5.74) is 3.65. The van der Waals surface area contributed by atoms with Crippen molar-refractivity contribution >= 4 is 35.0 Å². The summed E-state index contributed by atoms with van der Waals surface area (Å²) in [6, 6.07) is 15.4. The highest BCUT2D eigenvalue weighted by Crippen LogP contribution is 2.29. The first-order valence-electron chi connectivity index (χ1n) is 17.1. The number of hydrogen-bond donors (Lipinski definition) is 4. The van der Waals surface area contributed by atoms with E-state index in [9.17, 15) is 29.4 Å². The number of rotatable bonds is 10. The first-order valence-corrected chi connectivity index (χ1v) is 17.1. The minimum absolute atomic E-state index is 0.0467. The van der Waals surface area contributed by atoms with Crippen molar-refractivity contribution in [3.8, 4) is 22.8 Å². The number of aliphatic hydroxyl groups excluding tert-OH is 2. The fourth-order valence-electron chi connectivity index (χ4n) is 6.58. The van der Waals surface area contributed by atoms with Crippen LogP contribution in [0.3, 0.4) is 0 Å². The second-order valence-electron chi connectivity index (χ2n) is 13.3. The highest BCUT2D eigenvalue weighted by molar-refractivity contribution is 5.99. The number of likely N-dealkylation sites (tertiary alicyclic amines) is 2. The molecule has 2 saturated heterocycles. The van der Waals surface area contributed by atoms with E-state index < -0.39 is 36.1 Å². The third kappa shape index (κ3) is 8.03. The molecule has 7 rings (SSSR count). The van der Waals surface area contributed by atoms with Crippen molar-refractivity contribution in [2.75, 3.05) is 23.7 Å². The molecule has 16 heteroatoms. The zero-order chi connectivity index (χ0) is 37.2. The second kappa shape index (κ2) is 14.8. The van der Waals surface area contributed by atoms with Crippen molar-refractivity contribution in [3.05, 3.63) is 89.8 Å². The number of oxazole rings is 1. The number of hydrogen-bond acceptors (Lipinski definition) is 12. The number of aliphatic hydroxyl groups is 2. The van der Waals surface area contributed by atoms with E-state index in [1.54, 1.807) is 80.7 Å². The zero-order valence-electron chi connectivity index (χ0n) is 28.9. The molecule has 4 atom stereocenters. The lowest BCUT2D eigenvalue weighted by molar-refractivity contribution is -0.136. The van der Waals surface area contributed by atoms with Crippen LogP contribution in [-0.4, -0.2) is 96.3 Å². The van der Waals surface area contributed by atoms with Gasteiger partial charge in [-0.3, -0.25) is 19.2 Å². The largest absolute Gasteiger partial charge is 0.436 e. The minimum Gasteiger partial charge on any atom is -0.436 e. The van der Waals surface area contributed by atoms with E-state index >= 15 is 0 Å². The fraction of sp³-hybridized carbons (Fsp3) is 0.324. The normalized spacial score (nSPS) is 19.8. The van der Waals surface area contributed by atoms with Crippen molar-refractivity contribution < 1.29 is 42.9 Å². The molecule has 4 unspecified atom stereocenters. The van der Waals surface area contributed by atoms with E-state index in [0.29, 0.717) is 57.1 Å². The molecule has 53 heavy (non-hydrogen) atoms. The number of nitrogens with zero attached hydrogens (tertiary/aromatic N) is 5. The number of amides is 4. The van der Waals surface area contributed by atoms with Crippen LogP contribution in [0.4, 0.5) is 11.4 Å². The summed E-state index contributed by atoms with van der Waals surface area (Å²) < 4.78 is 16.3. The van der Waals surface area contributed by atoms with Crippen LogP contribution < -0.4 is 10.6 Å². The number of β-amino-alcohol motifs (C(OH)–C–C–N with tert-alkyl or cyclic N) is 2. The molecule has 0 aliphatic carbocycles. The summed E-state index contributed by atoms with van der Waals surface area (Å²) in [5.74, 6) is 0.0959. The van der Waals surface area contributed by atoms with Gasteiger partial charge in [-0.05, 0) is 62.4 Å². The Morgan fingerprint density at radius 2 is 1.17 bits per heavy atom. The van der Waals surface area contributed by atoms with Crippen LogP contribution in [-0.2, 0) is 32.0 Å². The number of benzene rings is 2. The molecule has 274 valence electrons. The third-order valence-corrected chi connectivity index (χ3v) is 9.15. The molecule has 0 saturated carbocycles. The maximum atomic E-state index is 13.2. The SMILES string of the molecule is Cc1cc(CC(=O)N2CC(O)CC2C(=O)Nc2ccc(-c3cnc(-c4ccc(NC(=O)C5CC(O)CN5C(=O)Cc5cc(C)no5)cc4)o3)cc2)on1. The molecule has 0 radical (unpaired) electrons. The Kier molecular flexibility index (Phi) is 9.88. The quantitative estimate of drug-likeness (QED) is 0.164. The molecular weight excluding hydrogens is 686 g/mol. The topological polar surface area (TPSA) is 217 Å². The molecule has 4 N–H and O–H groups in total. The monoisotopic (exact) mass is 723 g/mol. The summed E-state index contributed by atoms with van der Waals surface area (Å²) in [4.78, 5) is 59.3. The Balaban J connectivity index is 0.940. The lowest BCUT2D eigenvalue weighted by Crippen LogP contribution is -2.43. The van der Waals surface area contributed by atoms with Crippen molar-refractivity contribution in [2.45, 2.75) is 63.8 Å². The highest BCUT2D eigenvalue weighted by atomic mass is 16.5. The van der Waals surface area contributed by atoms with Gasteiger partial charge >= 0.3 is 0 Å². The molecular formula is C37H37N7O9. The number of anilines is 2. The molecule has 5 aromatic rings. The van der Waals surface area contributed by atoms with Gasteiger partial charge in [0, 0.05) is 60.6 Å². The maximum Gasteiger partial charge on any atom is 0.247 e. The Morgan fingerprint density at radius 3 is 1.60 bits per heavy atom. The molecule has 2 aromatic carbocycles. The lowest BCUT2D eigenvalue weighted by atomic mass is 10.1. The summed E-state index contributed by atoms with van der Waals surface area (Å²) in [6.45, 7) is 3.59. The van der Waals surface area contributed by atoms with Crippen LogP contribution in [0, 0.1) is 13.8 Å². The number of carbonyl (C=O) groups excluding carboxylic acids is 4. The second-order valence-corrected chi connectivity index (χ2v) is 13.3. The zero-order valence-corrected chi connectivity index (χ0v) is 28.9. The summed E-state index contributed by atoms with van der Waals surface area (Å²) >= 11 is 0. The standard InChI is InChI=1S/C37H37N7O9/c1-20-11-28(52-41-20)15-33(47)43-18-26(45)13-30(43)35(49)39-24-7-3-22(4-8-24)32-17-38-37(51-32)23-5-9-25(10-6-23)40-36(50)31-14-27(46)19-44(31)34(48)16-29-12-21(2)42-53-29/h3-12,17,26-27,30-31,45-46H,13-16,18-19H2,1-2H3,(H,39,49)(H,40,50). The first-order chi connectivity index (χ1) is 25.5. The van der Waals surface area contributed by atoms with Crippen molar-refractivity contribution in [3.63, 3.8) is 0 Å². The molecule has 4 amide bonds. The molecule has 0 bridgehead atoms. The smallest absolute Gasteiger partial charge is 0.247 e. The summed E-state index contributed by atoms with van der Waals surface area (Å²) in [6.07, 6.45) is 0.0500. The van der Waals surface area contributed by atoms with Crippen LogP contribution in [0.15, 0.2) is 80.3 Å².